The third-order valence-electron chi connectivity index (χ3n) is 3.90. The van der Waals surface area contributed by atoms with Gasteiger partial charge in [-0.15, -0.1) is 0 Å². The van der Waals surface area contributed by atoms with Gasteiger partial charge in [0.05, 0.1) is 16.8 Å². The normalized spacial score (nSPS) is 10.7. The van der Waals surface area contributed by atoms with Gasteiger partial charge in [-0.2, -0.15) is 5.26 Å². The molecule has 120 valence electrons. The zero-order valence-electron chi connectivity index (χ0n) is 12.8. The van der Waals surface area contributed by atoms with Crippen molar-refractivity contribution in [2.45, 2.75) is 0 Å². The summed E-state index contributed by atoms with van der Waals surface area (Å²) in [5.41, 5.74) is 3.80. The van der Waals surface area contributed by atoms with Crippen LogP contribution in [0.15, 0.2) is 59.3 Å². The standard InChI is InChI=1S/C19H10ClN3O2/c20-13-1-2-14(12(9-13)10-21)23-19(24)18-16-4-3-15(25-16)17(18)11-5-7-22-8-6-11/h1-9H,(H,23,24). The van der Waals surface area contributed by atoms with Crippen molar-refractivity contribution in [3.8, 4) is 17.2 Å². The zero-order valence-corrected chi connectivity index (χ0v) is 13.5. The summed E-state index contributed by atoms with van der Waals surface area (Å²) in [6.45, 7) is 0. The van der Waals surface area contributed by atoms with Crippen LogP contribution in [0.2, 0.25) is 5.02 Å². The first-order valence-electron chi connectivity index (χ1n) is 7.43. The smallest absolute Gasteiger partial charge is 0.260 e. The molecule has 0 aliphatic heterocycles. The summed E-state index contributed by atoms with van der Waals surface area (Å²) in [6.07, 6.45) is 3.32. The van der Waals surface area contributed by atoms with Gasteiger partial charge in [-0.3, -0.25) is 9.78 Å². The number of nitrogens with zero attached hydrogens (tertiary/aromatic N) is 2. The van der Waals surface area contributed by atoms with E-state index in [-0.39, 0.29) is 5.91 Å². The van der Waals surface area contributed by atoms with Crippen LogP contribution in [0.3, 0.4) is 0 Å². The van der Waals surface area contributed by atoms with Crippen molar-refractivity contribution in [3.05, 3.63) is 71.0 Å². The Morgan fingerprint density at radius 3 is 2.64 bits per heavy atom. The van der Waals surface area contributed by atoms with E-state index in [9.17, 15) is 10.1 Å². The van der Waals surface area contributed by atoms with Gasteiger partial charge in [-0.05, 0) is 48.0 Å². The summed E-state index contributed by atoms with van der Waals surface area (Å²) >= 11 is 5.90. The Hall–Kier alpha value is -3.36. The Kier molecular flexibility index (Phi) is 3.60. The molecule has 0 unspecified atom stereocenters. The molecule has 6 heteroatoms. The van der Waals surface area contributed by atoms with Gasteiger partial charge in [0.1, 0.15) is 17.2 Å². The summed E-state index contributed by atoms with van der Waals surface area (Å²) in [6, 6.07) is 14.0. The Balaban J connectivity index is 1.77. The number of hydrogen-bond donors (Lipinski definition) is 1. The SMILES string of the molecule is N#Cc1cc(Cl)ccc1NC(=O)c1c(-c2ccncc2)c2ccc1o2. The predicted molar refractivity (Wildman–Crippen MR) is 94.8 cm³/mol. The molecule has 0 aliphatic rings. The molecule has 0 atom stereocenters. The zero-order chi connectivity index (χ0) is 17.4. The van der Waals surface area contributed by atoms with Crippen molar-refractivity contribution in [2.24, 2.45) is 0 Å². The number of anilines is 1. The monoisotopic (exact) mass is 347 g/mol. The van der Waals surface area contributed by atoms with Gasteiger partial charge in [0, 0.05) is 23.0 Å². The van der Waals surface area contributed by atoms with Gasteiger partial charge < -0.3 is 9.73 Å². The van der Waals surface area contributed by atoms with Crippen LogP contribution < -0.4 is 5.32 Å². The van der Waals surface area contributed by atoms with Crippen molar-refractivity contribution >= 4 is 34.4 Å². The molecule has 0 spiro atoms. The number of aromatic nitrogens is 1. The fraction of sp³-hybridized carbons (Fsp3) is 0. The lowest BCUT2D eigenvalue weighted by Gasteiger charge is -2.09. The Morgan fingerprint density at radius 2 is 1.88 bits per heavy atom. The summed E-state index contributed by atoms with van der Waals surface area (Å²) < 4.78 is 5.67. The molecule has 1 aromatic carbocycles. The number of carbonyl (C=O) groups is 1. The van der Waals surface area contributed by atoms with E-state index < -0.39 is 0 Å². The van der Waals surface area contributed by atoms with E-state index in [0.29, 0.717) is 38.6 Å². The molecule has 0 saturated heterocycles. The number of fused-ring (bicyclic) bond motifs is 2. The van der Waals surface area contributed by atoms with Crippen molar-refractivity contribution in [3.63, 3.8) is 0 Å². The molecule has 5 nitrogen and oxygen atoms in total. The number of carbonyl (C=O) groups excluding carboxylic acids is 1. The summed E-state index contributed by atoms with van der Waals surface area (Å²) in [4.78, 5) is 16.9. The quantitative estimate of drug-likeness (QED) is 0.582. The minimum absolute atomic E-state index is 0.296. The van der Waals surface area contributed by atoms with Crippen LogP contribution in [-0.4, -0.2) is 10.9 Å². The average Bonchev–Trinajstić information content (AvgIpc) is 3.25. The topological polar surface area (TPSA) is 78.9 Å². The number of hydrogen-bond acceptors (Lipinski definition) is 4. The first-order valence-corrected chi connectivity index (χ1v) is 7.81. The molecule has 3 aromatic heterocycles. The van der Waals surface area contributed by atoms with Gasteiger partial charge in [0.25, 0.3) is 5.91 Å². The van der Waals surface area contributed by atoms with E-state index in [0.717, 1.165) is 5.56 Å². The lowest BCUT2D eigenvalue weighted by atomic mass is 10.00. The molecule has 0 radical (unpaired) electrons. The highest BCUT2D eigenvalue weighted by Crippen LogP contribution is 2.37. The highest BCUT2D eigenvalue weighted by molar-refractivity contribution is 6.30. The van der Waals surface area contributed by atoms with E-state index in [2.05, 4.69) is 10.3 Å². The molecular formula is C19H10ClN3O2. The van der Waals surface area contributed by atoms with Crippen LogP contribution >= 0.6 is 11.6 Å². The van der Waals surface area contributed by atoms with Gasteiger partial charge in [-0.25, -0.2) is 0 Å². The fourth-order valence-corrected chi connectivity index (χ4v) is 2.96. The number of amides is 1. The third kappa shape index (κ3) is 2.59. The Morgan fingerprint density at radius 1 is 1.12 bits per heavy atom. The summed E-state index contributed by atoms with van der Waals surface area (Å²) in [5, 5.41) is 12.4. The number of nitrogens with one attached hydrogen (secondary N) is 1. The first-order chi connectivity index (χ1) is 12.2. The van der Waals surface area contributed by atoms with Crippen LogP contribution in [0.4, 0.5) is 5.69 Å². The van der Waals surface area contributed by atoms with Crippen LogP contribution in [-0.2, 0) is 0 Å². The summed E-state index contributed by atoms with van der Waals surface area (Å²) in [7, 11) is 0. The number of furan rings is 2. The number of benzene rings is 2. The Labute approximate surface area is 147 Å². The number of rotatable bonds is 3. The number of halogens is 1. The van der Waals surface area contributed by atoms with Gasteiger partial charge >= 0.3 is 0 Å². The van der Waals surface area contributed by atoms with Crippen molar-refractivity contribution in [1.29, 1.82) is 5.26 Å². The largest absolute Gasteiger partial charge is 0.456 e. The number of pyridine rings is 1. The third-order valence-corrected chi connectivity index (χ3v) is 4.13. The molecule has 2 bridgehead atoms. The number of nitriles is 1. The molecule has 0 fully saturated rings. The maximum atomic E-state index is 12.9. The molecule has 1 N–H and O–H groups in total. The van der Waals surface area contributed by atoms with Gasteiger partial charge in [0.2, 0.25) is 0 Å². The first kappa shape index (κ1) is 15.2. The predicted octanol–water partition coefficient (Wildman–Crippen LogP) is 4.71. The van der Waals surface area contributed by atoms with E-state index in [1.54, 1.807) is 30.6 Å². The van der Waals surface area contributed by atoms with E-state index in [1.807, 2.05) is 24.3 Å². The van der Waals surface area contributed by atoms with E-state index in [4.69, 9.17) is 16.0 Å². The second-order valence-corrected chi connectivity index (χ2v) is 5.84. The molecule has 0 aliphatic carbocycles. The minimum Gasteiger partial charge on any atom is -0.456 e. The second kappa shape index (κ2) is 5.93. The minimum atomic E-state index is -0.347. The van der Waals surface area contributed by atoms with Crippen molar-refractivity contribution in [2.75, 3.05) is 5.32 Å². The lowest BCUT2D eigenvalue weighted by molar-refractivity contribution is 0.102. The molecule has 4 aromatic rings. The molecular weight excluding hydrogens is 338 g/mol. The molecule has 0 saturated carbocycles. The maximum Gasteiger partial charge on any atom is 0.260 e. The highest BCUT2D eigenvalue weighted by Gasteiger charge is 2.24. The second-order valence-electron chi connectivity index (χ2n) is 5.41. The fourth-order valence-electron chi connectivity index (χ4n) is 2.79. The van der Waals surface area contributed by atoms with Crippen molar-refractivity contribution < 1.29 is 9.21 Å². The van der Waals surface area contributed by atoms with Gasteiger partial charge in [-0.1, -0.05) is 11.6 Å². The van der Waals surface area contributed by atoms with Crippen LogP contribution in [0.1, 0.15) is 15.9 Å². The highest BCUT2D eigenvalue weighted by atomic mass is 35.5. The van der Waals surface area contributed by atoms with E-state index >= 15 is 0 Å². The van der Waals surface area contributed by atoms with Crippen LogP contribution in [0, 0.1) is 11.3 Å². The lowest BCUT2D eigenvalue weighted by Crippen LogP contribution is -2.13. The molecule has 3 heterocycles. The summed E-state index contributed by atoms with van der Waals surface area (Å²) in [5.74, 6) is -0.347. The van der Waals surface area contributed by atoms with Crippen LogP contribution in [0.25, 0.3) is 22.3 Å². The van der Waals surface area contributed by atoms with E-state index in [1.165, 1.54) is 6.07 Å². The average molecular weight is 348 g/mol. The maximum absolute atomic E-state index is 12.9. The van der Waals surface area contributed by atoms with Crippen molar-refractivity contribution in [1.82, 2.24) is 4.98 Å². The molecule has 25 heavy (non-hydrogen) atoms. The molecule has 1 amide bonds. The molecule has 4 rings (SSSR count). The Bertz CT molecular complexity index is 1110. The van der Waals surface area contributed by atoms with Crippen LogP contribution in [0.5, 0.6) is 0 Å². The van der Waals surface area contributed by atoms with Gasteiger partial charge in [0.15, 0.2) is 0 Å².